The quantitative estimate of drug-likeness (QED) is 0.630. The Kier molecular flexibility index (Phi) is 3.12. The van der Waals surface area contributed by atoms with E-state index in [0.717, 1.165) is 5.56 Å². The normalized spacial score (nSPS) is 10.6. The summed E-state index contributed by atoms with van der Waals surface area (Å²) in [5.74, 6) is -0.857. The van der Waals surface area contributed by atoms with Crippen molar-refractivity contribution in [3.63, 3.8) is 0 Å². The molecule has 5 N–H and O–H groups in total. The summed E-state index contributed by atoms with van der Waals surface area (Å²) in [6.07, 6.45) is 3.27. The van der Waals surface area contributed by atoms with E-state index < -0.39 is 5.97 Å². The van der Waals surface area contributed by atoms with Gasteiger partial charge in [0, 0.05) is 0 Å². The number of rotatable bonds is 3. The highest BCUT2D eigenvalue weighted by molar-refractivity contribution is 5.72. The third-order valence-electron chi connectivity index (χ3n) is 1.71. The molecule has 0 aliphatic carbocycles. The highest BCUT2D eigenvalue weighted by Gasteiger charge is 1.94. The molecule has 0 amide bonds. The molecule has 0 aliphatic heterocycles. The first-order chi connectivity index (χ1) is 6.59. The number of hydrogen-bond acceptors (Lipinski definition) is 3. The van der Waals surface area contributed by atoms with Gasteiger partial charge in [0.15, 0.2) is 0 Å². The Bertz CT molecular complexity index is 372. The third kappa shape index (κ3) is 2.82. The molecule has 0 radical (unpaired) electrons. The van der Waals surface area contributed by atoms with Gasteiger partial charge in [0.1, 0.15) is 0 Å². The topological polar surface area (TPSA) is 89.3 Å². The maximum Gasteiger partial charge on any atom is 0.307 e. The van der Waals surface area contributed by atoms with Crippen LogP contribution in [0.2, 0.25) is 0 Å². The van der Waals surface area contributed by atoms with Crippen molar-refractivity contribution < 1.29 is 9.90 Å². The summed E-state index contributed by atoms with van der Waals surface area (Å²) in [4.78, 5) is 10.2. The van der Waals surface area contributed by atoms with Gasteiger partial charge in [-0.05, 0) is 17.7 Å². The summed E-state index contributed by atoms with van der Waals surface area (Å²) in [5.41, 5.74) is 13.0. The monoisotopic (exact) mass is 192 g/mol. The fourth-order valence-corrected chi connectivity index (χ4v) is 0.993. The number of anilines is 2. The zero-order chi connectivity index (χ0) is 10.6. The van der Waals surface area contributed by atoms with Gasteiger partial charge < -0.3 is 16.6 Å². The average molecular weight is 192 g/mol. The fourth-order valence-electron chi connectivity index (χ4n) is 0.993. The molecule has 1 aromatic rings. The lowest BCUT2D eigenvalue weighted by Gasteiger charge is -2.00. The van der Waals surface area contributed by atoms with E-state index in [1.807, 2.05) is 0 Å². The van der Waals surface area contributed by atoms with Crippen LogP contribution in [0.1, 0.15) is 12.0 Å². The molecule has 74 valence electrons. The van der Waals surface area contributed by atoms with Crippen molar-refractivity contribution in [3.8, 4) is 0 Å². The Morgan fingerprint density at radius 2 is 2.07 bits per heavy atom. The number of carboxylic acid groups (broad SMARTS) is 1. The molecule has 0 bridgehead atoms. The van der Waals surface area contributed by atoms with E-state index in [-0.39, 0.29) is 6.42 Å². The molecule has 4 nitrogen and oxygen atoms in total. The van der Waals surface area contributed by atoms with Crippen LogP contribution in [0, 0.1) is 0 Å². The Morgan fingerprint density at radius 1 is 1.36 bits per heavy atom. The van der Waals surface area contributed by atoms with Gasteiger partial charge in [0.05, 0.1) is 17.8 Å². The highest BCUT2D eigenvalue weighted by Crippen LogP contribution is 2.16. The lowest BCUT2D eigenvalue weighted by molar-refractivity contribution is -0.135. The molecule has 0 spiro atoms. The van der Waals surface area contributed by atoms with E-state index in [4.69, 9.17) is 16.6 Å². The van der Waals surface area contributed by atoms with Gasteiger partial charge in [-0.15, -0.1) is 0 Å². The van der Waals surface area contributed by atoms with Crippen LogP contribution in [0.3, 0.4) is 0 Å². The molecule has 0 unspecified atom stereocenters. The van der Waals surface area contributed by atoms with Crippen molar-refractivity contribution in [2.75, 3.05) is 11.5 Å². The second-order valence-electron chi connectivity index (χ2n) is 2.89. The minimum atomic E-state index is -0.857. The number of hydrogen-bond donors (Lipinski definition) is 3. The molecule has 0 aliphatic rings. The van der Waals surface area contributed by atoms with Crippen molar-refractivity contribution in [1.82, 2.24) is 0 Å². The van der Waals surface area contributed by atoms with Gasteiger partial charge in [-0.2, -0.15) is 0 Å². The van der Waals surface area contributed by atoms with E-state index in [0.29, 0.717) is 11.4 Å². The van der Waals surface area contributed by atoms with Gasteiger partial charge in [0.25, 0.3) is 0 Å². The first-order valence-electron chi connectivity index (χ1n) is 4.13. The van der Waals surface area contributed by atoms with Crippen molar-refractivity contribution in [2.45, 2.75) is 6.42 Å². The van der Waals surface area contributed by atoms with Crippen molar-refractivity contribution in [2.24, 2.45) is 0 Å². The summed E-state index contributed by atoms with van der Waals surface area (Å²) in [6.45, 7) is 0. The predicted molar refractivity (Wildman–Crippen MR) is 56.6 cm³/mol. The molecule has 1 rings (SSSR count). The largest absolute Gasteiger partial charge is 0.481 e. The van der Waals surface area contributed by atoms with Crippen LogP contribution in [0.25, 0.3) is 6.08 Å². The van der Waals surface area contributed by atoms with Crippen LogP contribution >= 0.6 is 0 Å². The maximum absolute atomic E-state index is 10.2. The number of nitrogen functional groups attached to an aromatic ring is 2. The molecule has 0 saturated carbocycles. The van der Waals surface area contributed by atoms with Crippen molar-refractivity contribution in [3.05, 3.63) is 29.8 Å². The summed E-state index contributed by atoms with van der Waals surface area (Å²) in [7, 11) is 0. The van der Waals surface area contributed by atoms with Gasteiger partial charge >= 0.3 is 5.97 Å². The van der Waals surface area contributed by atoms with Crippen LogP contribution in [-0.4, -0.2) is 11.1 Å². The van der Waals surface area contributed by atoms with E-state index in [2.05, 4.69) is 0 Å². The first kappa shape index (κ1) is 10.1. The van der Waals surface area contributed by atoms with Gasteiger partial charge in [-0.3, -0.25) is 4.79 Å². The maximum atomic E-state index is 10.2. The molecular weight excluding hydrogens is 180 g/mol. The van der Waals surface area contributed by atoms with Crippen LogP contribution in [0.5, 0.6) is 0 Å². The zero-order valence-corrected chi connectivity index (χ0v) is 7.60. The van der Waals surface area contributed by atoms with Gasteiger partial charge in [0.2, 0.25) is 0 Å². The molecule has 1 aromatic carbocycles. The lowest BCUT2D eigenvalue weighted by Crippen LogP contribution is -1.94. The Hall–Kier alpha value is -1.97. The molecule has 4 heteroatoms. The van der Waals surface area contributed by atoms with Crippen LogP contribution in [-0.2, 0) is 4.79 Å². The van der Waals surface area contributed by atoms with Gasteiger partial charge in [-0.25, -0.2) is 0 Å². The predicted octanol–water partition coefficient (Wildman–Crippen LogP) is 1.34. The lowest BCUT2D eigenvalue weighted by atomic mass is 10.1. The number of carboxylic acids is 1. The zero-order valence-electron chi connectivity index (χ0n) is 7.60. The minimum Gasteiger partial charge on any atom is -0.481 e. The van der Waals surface area contributed by atoms with Crippen LogP contribution in [0.4, 0.5) is 11.4 Å². The second kappa shape index (κ2) is 4.32. The minimum absolute atomic E-state index is 0.00425. The highest BCUT2D eigenvalue weighted by atomic mass is 16.4. The first-order valence-corrected chi connectivity index (χ1v) is 4.13. The third-order valence-corrected chi connectivity index (χ3v) is 1.71. The average Bonchev–Trinajstić information content (AvgIpc) is 2.10. The Labute approximate surface area is 81.8 Å². The SMILES string of the molecule is Nc1ccc(C=CCC(=O)O)cc1N. The standard InChI is InChI=1S/C10H12N2O2/c11-8-5-4-7(6-9(8)12)2-1-3-10(13)14/h1-2,4-6H,3,11-12H2,(H,13,14). The van der Waals surface area contributed by atoms with Crippen molar-refractivity contribution in [1.29, 1.82) is 0 Å². The van der Waals surface area contributed by atoms with Crippen LogP contribution in [0.15, 0.2) is 24.3 Å². The number of carbonyl (C=O) groups is 1. The summed E-state index contributed by atoms with van der Waals surface area (Å²) in [6, 6.07) is 5.17. The smallest absolute Gasteiger partial charge is 0.307 e. The number of nitrogens with two attached hydrogens (primary N) is 2. The van der Waals surface area contributed by atoms with E-state index in [9.17, 15) is 4.79 Å². The number of aliphatic carboxylic acids is 1. The molecule has 0 fully saturated rings. The summed E-state index contributed by atoms with van der Waals surface area (Å²) >= 11 is 0. The Balaban J connectivity index is 2.73. The molecule has 0 aromatic heterocycles. The fraction of sp³-hybridized carbons (Fsp3) is 0.100. The van der Waals surface area contributed by atoms with Crippen molar-refractivity contribution >= 4 is 23.4 Å². The molecule has 0 saturated heterocycles. The molecule has 14 heavy (non-hydrogen) atoms. The second-order valence-corrected chi connectivity index (χ2v) is 2.89. The molecule has 0 atom stereocenters. The summed E-state index contributed by atoms with van der Waals surface area (Å²) < 4.78 is 0. The van der Waals surface area contributed by atoms with E-state index in [1.165, 1.54) is 0 Å². The van der Waals surface area contributed by atoms with Gasteiger partial charge in [-0.1, -0.05) is 18.2 Å². The van der Waals surface area contributed by atoms with E-state index >= 15 is 0 Å². The number of benzene rings is 1. The summed E-state index contributed by atoms with van der Waals surface area (Å²) in [5, 5.41) is 8.39. The molecular formula is C10H12N2O2. The molecule has 0 heterocycles. The Morgan fingerprint density at radius 3 is 2.64 bits per heavy atom. The van der Waals surface area contributed by atoms with E-state index in [1.54, 1.807) is 30.4 Å². The van der Waals surface area contributed by atoms with Crippen LogP contribution < -0.4 is 11.5 Å².